The molecule has 0 aliphatic carbocycles. The fraction of sp³-hybridized carbons (Fsp3) is 0.267. The van der Waals surface area contributed by atoms with Crippen LogP contribution >= 0.6 is 63.7 Å². The smallest absolute Gasteiger partial charge is 0.0413 e. The van der Waals surface area contributed by atoms with Gasteiger partial charge in [-0.1, -0.05) is 66.0 Å². The minimum atomic E-state index is -0.0269. The van der Waals surface area contributed by atoms with Crippen LogP contribution in [0.1, 0.15) is 11.3 Å². The summed E-state index contributed by atoms with van der Waals surface area (Å²) in [4.78, 5) is 4.51. The minimum absolute atomic E-state index is 0.0269. The maximum Gasteiger partial charge on any atom is 0.0413 e. The third kappa shape index (κ3) is 3.73. The molecule has 0 fully saturated rings. The van der Waals surface area contributed by atoms with Crippen LogP contribution in [-0.4, -0.2) is 15.6 Å². The van der Waals surface area contributed by atoms with Crippen molar-refractivity contribution in [3.05, 3.63) is 62.8 Å². The van der Waals surface area contributed by atoms with Crippen molar-refractivity contribution in [2.45, 2.75) is 11.8 Å². The number of pyridine rings is 1. The van der Waals surface area contributed by atoms with Gasteiger partial charge in [0.05, 0.1) is 0 Å². The Labute approximate surface area is 153 Å². The first-order valence-corrected chi connectivity index (χ1v) is 9.91. The van der Waals surface area contributed by atoms with Crippen LogP contribution in [0, 0.1) is 0 Å². The van der Waals surface area contributed by atoms with E-state index in [1.807, 2.05) is 18.3 Å². The normalized spacial score (nSPS) is 11.6. The highest BCUT2D eigenvalue weighted by Crippen LogP contribution is 2.36. The molecule has 2 rings (SSSR count). The SMILES string of the molecule is BrCC(CBr)(Cc1ccc(Br)cn1)c1ccccc1Br. The van der Waals surface area contributed by atoms with Crippen molar-refractivity contribution in [3.63, 3.8) is 0 Å². The number of hydrogen-bond donors (Lipinski definition) is 0. The van der Waals surface area contributed by atoms with E-state index in [1.165, 1.54) is 5.56 Å². The van der Waals surface area contributed by atoms with Gasteiger partial charge in [-0.2, -0.15) is 0 Å². The number of hydrogen-bond acceptors (Lipinski definition) is 1. The van der Waals surface area contributed by atoms with Gasteiger partial charge < -0.3 is 0 Å². The van der Waals surface area contributed by atoms with Gasteiger partial charge in [0.2, 0.25) is 0 Å². The molecule has 1 aromatic heterocycles. The fourth-order valence-corrected chi connectivity index (χ4v) is 4.99. The van der Waals surface area contributed by atoms with E-state index in [9.17, 15) is 0 Å². The summed E-state index contributed by atoms with van der Waals surface area (Å²) < 4.78 is 2.14. The van der Waals surface area contributed by atoms with Gasteiger partial charge in [0.15, 0.2) is 0 Å². The Balaban J connectivity index is 2.39. The van der Waals surface area contributed by atoms with Gasteiger partial charge in [0.1, 0.15) is 0 Å². The lowest BCUT2D eigenvalue weighted by Crippen LogP contribution is -2.33. The Hall–Kier alpha value is 0.290. The number of aromatic nitrogens is 1. The van der Waals surface area contributed by atoms with Crippen LogP contribution < -0.4 is 0 Å². The second-order valence-electron chi connectivity index (χ2n) is 4.67. The molecule has 2 aromatic rings. The van der Waals surface area contributed by atoms with Gasteiger partial charge in [-0.05, 0) is 39.7 Å². The molecular formula is C15H13Br4N. The quantitative estimate of drug-likeness (QED) is 0.444. The number of rotatable bonds is 5. The van der Waals surface area contributed by atoms with Gasteiger partial charge in [-0.25, -0.2) is 0 Å². The van der Waals surface area contributed by atoms with Crippen molar-refractivity contribution in [1.82, 2.24) is 4.98 Å². The fourth-order valence-electron chi connectivity index (χ4n) is 2.12. The summed E-state index contributed by atoms with van der Waals surface area (Å²) in [7, 11) is 0. The monoisotopic (exact) mass is 523 g/mol. The second kappa shape index (κ2) is 7.52. The van der Waals surface area contributed by atoms with E-state index in [4.69, 9.17) is 0 Å². The van der Waals surface area contributed by atoms with Crippen molar-refractivity contribution in [3.8, 4) is 0 Å². The first kappa shape index (κ1) is 16.7. The molecule has 0 unspecified atom stereocenters. The standard InChI is InChI=1S/C15H13Br4N/c16-9-15(10-17,13-3-1-2-4-14(13)19)7-12-6-5-11(18)8-20-12/h1-6,8H,7,9-10H2. The van der Waals surface area contributed by atoms with E-state index < -0.39 is 0 Å². The molecule has 0 aliphatic heterocycles. The third-order valence-electron chi connectivity index (χ3n) is 3.26. The summed E-state index contributed by atoms with van der Waals surface area (Å²) in [6, 6.07) is 12.5. The van der Waals surface area contributed by atoms with Crippen molar-refractivity contribution in [2.24, 2.45) is 0 Å². The van der Waals surface area contributed by atoms with Crippen LogP contribution in [0.3, 0.4) is 0 Å². The number of benzene rings is 1. The van der Waals surface area contributed by atoms with Crippen molar-refractivity contribution in [2.75, 3.05) is 10.7 Å². The van der Waals surface area contributed by atoms with E-state index in [2.05, 4.69) is 93.0 Å². The van der Waals surface area contributed by atoms with Gasteiger partial charge in [-0.3, -0.25) is 4.98 Å². The van der Waals surface area contributed by atoms with Gasteiger partial charge in [0.25, 0.3) is 0 Å². The lowest BCUT2D eigenvalue weighted by Gasteiger charge is -2.31. The summed E-state index contributed by atoms with van der Waals surface area (Å²) in [6.07, 6.45) is 2.72. The average molecular weight is 527 g/mol. The molecule has 0 saturated carbocycles. The molecule has 0 N–H and O–H groups in total. The Morgan fingerprint density at radius 2 is 1.65 bits per heavy atom. The van der Waals surface area contributed by atoms with Crippen LogP contribution in [0.15, 0.2) is 51.5 Å². The molecule has 0 spiro atoms. The minimum Gasteiger partial charge on any atom is -0.260 e. The first-order valence-electron chi connectivity index (χ1n) is 6.09. The Kier molecular flexibility index (Phi) is 6.26. The van der Waals surface area contributed by atoms with E-state index in [0.29, 0.717) is 0 Å². The molecule has 0 saturated heterocycles. The van der Waals surface area contributed by atoms with Crippen LogP contribution in [0.4, 0.5) is 0 Å². The average Bonchev–Trinajstić information content (AvgIpc) is 2.48. The first-order chi connectivity index (χ1) is 9.61. The zero-order valence-corrected chi connectivity index (χ0v) is 17.0. The van der Waals surface area contributed by atoms with Crippen LogP contribution in [0.5, 0.6) is 0 Å². The molecule has 1 aromatic carbocycles. The number of nitrogens with zero attached hydrogens (tertiary/aromatic N) is 1. The molecule has 106 valence electrons. The predicted molar refractivity (Wildman–Crippen MR) is 99.0 cm³/mol. The highest BCUT2D eigenvalue weighted by Gasteiger charge is 2.32. The topological polar surface area (TPSA) is 12.9 Å². The summed E-state index contributed by atoms with van der Waals surface area (Å²) in [6.45, 7) is 0. The predicted octanol–water partition coefficient (Wildman–Crippen LogP) is 5.88. The largest absolute Gasteiger partial charge is 0.260 e. The van der Waals surface area contributed by atoms with E-state index in [1.54, 1.807) is 0 Å². The molecule has 0 amide bonds. The maximum absolute atomic E-state index is 4.51. The van der Waals surface area contributed by atoms with Crippen molar-refractivity contribution >= 4 is 63.7 Å². The summed E-state index contributed by atoms with van der Waals surface area (Å²) >= 11 is 14.5. The molecule has 20 heavy (non-hydrogen) atoms. The molecule has 0 aliphatic rings. The van der Waals surface area contributed by atoms with E-state index in [0.717, 1.165) is 31.7 Å². The zero-order valence-electron chi connectivity index (χ0n) is 10.6. The molecule has 1 nitrogen and oxygen atoms in total. The van der Waals surface area contributed by atoms with Gasteiger partial charge >= 0.3 is 0 Å². The lowest BCUT2D eigenvalue weighted by atomic mass is 9.80. The van der Waals surface area contributed by atoms with Crippen LogP contribution in [-0.2, 0) is 11.8 Å². The summed E-state index contributed by atoms with van der Waals surface area (Å²) in [5, 5.41) is 1.73. The second-order valence-corrected chi connectivity index (χ2v) is 7.56. The zero-order chi connectivity index (χ0) is 14.6. The third-order valence-corrected chi connectivity index (χ3v) is 6.57. The van der Waals surface area contributed by atoms with Crippen molar-refractivity contribution < 1.29 is 0 Å². The van der Waals surface area contributed by atoms with Crippen LogP contribution in [0.2, 0.25) is 0 Å². The highest BCUT2D eigenvalue weighted by atomic mass is 79.9. The van der Waals surface area contributed by atoms with E-state index in [-0.39, 0.29) is 5.41 Å². The van der Waals surface area contributed by atoms with Gasteiger partial charge in [0, 0.05) is 43.3 Å². The molecule has 0 radical (unpaired) electrons. The summed E-state index contributed by atoms with van der Waals surface area (Å²) in [5.74, 6) is 0. The Morgan fingerprint density at radius 1 is 0.950 bits per heavy atom. The lowest BCUT2D eigenvalue weighted by molar-refractivity contribution is 0.540. The molecule has 0 atom stereocenters. The van der Waals surface area contributed by atoms with E-state index >= 15 is 0 Å². The van der Waals surface area contributed by atoms with Crippen molar-refractivity contribution in [1.29, 1.82) is 0 Å². The number of alkyl halides is 2. The maximum atomic E-state index is 4.51. The Bertz CT molecular complexity index is 564. The highest BCUT2D eigenvalue weighted by molar-refractivity contribution is 9.11. The summed E-state index contributed by atoms with van der Waals surface area (Å²) in [5.41, 5.74) is 2.35. The van der Waals surface area contributed by atoms with Crippen LogP contribution in [0.25, 0.3) is 0 Å². The number of halogens is 4. The Morgan fingerprint density at radius 3 is 2.20 bits per heavy atom. The van der Waals surface area contributed by atoms with Gasteiger partial charge in [-0.15, -0.1) is 0 Å². The molecular weight excluding hydrogens is 514 g/mol. The molecule has 1 heterocycles. The molecule has 5 heteroatoms. The molecule has 0 bridgehead atoms.